The highest BCUT2D eigenvalue weighted by Gasteiger charge is 2.59. The van der Waals surface area contributed by atoms with E-state index in [2.05, 4.69) is 0 Å². The van der Waals surface area contributed by atoms with Gasteiger partial charge in [-0.25, -0.2) is 0 Å². The number of likely N-dealkylation sites (tertiary alicyclic amines) is 1. The topological polar surface area (TPSA) is 57.6 Å². The zero-order valence-electron chi connectivity index (χ0n) is 13.0. The minimum Gasteiger partial charge on any atom is -0.481 e. The van der Waals surface area contributed by atoms with Crippen molar-refractivity contribution < 1.29 is 14.7 Å². The number of carbonyl (C=O) groups is 2. The Morgan fingerprint density at radius 3 is 2.38 bits per heavy atom. The van der Waals surface area contributed by atoms with Crippen molar-refractivity contribution in [2.75, 3.05) is 0 Å². The molecule has 0 spiro atoms. The van der Waals surface area contributed by atoms with Crippen LogP contribution in [0.1, 0.15) is 45.7 Å². The summed E-state index contributed by atoms with van der Waals surface area (Å²) in [5.41, 5.74) is -0.00306. The third-order valence-corrected chi connectivity index (χ3v) is 5.13. The smallest absolute Gasteiger partial charge is 0.312 e. The summed E-state index contributed by atoms with van der Waals surface area (Å²) >= 11 is 0. The Kier molecular flexibility index (Phi) is 4.08. The van der Waals surface area contributed by atoms with Gasteiger partial charge in [0.2, 0.25) is 5.91 Å². The van der Waals surface area contributed by atoms with Gasteiger partial charge >= 0.3 is 5.97 Å². The molecule has 1 aliphatic heterocycles. The number of benzene rings is 1. The Hall–Kier alpha value is -1.84. The molecule has 1 heterocycles. The van der Waals surface area contributed by atoms with Crippen molar-refractivity contribution in [1.29, 1.82) is 0 Å². The number of carboxylic acids is 1. The van der Waals surface area contributed by atoms with E-state index in [0.717, 1.165) is 5.56 Å². The van der Waals surface area contributed by atoms with Crippen LogP contribution in [-0.4, -0.2) is 27.9 Å². The van der Waals surface area contributed by atoms with E-state index < -0.39 is 17.3 Å². The minimum atomic E-state index is -1.03. The molecule has 1 saturated heterocycles. The van der Waals surface area contributed by atoms with Crippen molar-refractivity contribution in [3.63, 3.8) is 0 Å². The second-order valence-electron chi connectivity index (χ2n) is 6.06. The lowest BCUT2D eigenvalue weighted by Crippen LogP contribution is -2.43. The van der Waals surface area contributed by atoms with Gasteiger partial charge in [-0.15, -0.1) is 0 Å². The van der Waals surface area contributed by atoms with E-state index in [1.54, 1.807) is 11.8 Å². The van der Waals surface area contributed by atoms with Gasteiger partial charge in [-0.1, -0.05) is 37.3 Å². The zero-order chi connectivity index (χ0) is 15.8. The first kappa shape index (κ1) is 15.5. The van der Waals surface area contributed by atoms with Gasteiger partial charge in [-0.2, -0.15) is 0 Å². The molecule has 1 aliphatic rings. The summed E-state index contributed by atoms with van der Waals surface area (Å²) in [6.07, 6.45) is 0.546. The van der Waals surface area contributed by atoms with Gasteiger partial charge in [0, 0.05) is 6.04 Å². The molecule has 0 radical (unpaired) electrons. The molecule has 1 aromatic rings. The fourth-order valence-corrected chi connectivity index (χ4v) is 3.55. The van der Waals surface area contributed by atoms with Gasteiger partial charge in [0.1, 0.15) is 0 Å². The summed E-state index contributed by atoms with van der Waals surface area (Å²) < 4.78 is 0. The maximum absolute atomic E-state index is 12.7. The normalized spacial score (nSPS) is 30.5. The molecular weight excluding hydrogens is 266 g/mol. The zero-order valence-corrected chi connectivity index (χ0v) is 13.0. The summed E-state index contributed by atoms with van der Waals surface area (Å²) in [4.78, 5) is 26.3. The number of aliphatic carboxylic acids is 1. The predicted octanol–water partition coefficient (Wildman–Crippen LogP) is 3.10. The van der Waals surface area contributed by atoms with E-state index in [0.29, 0.717) is 6.42 Å². The second kappa shape index (κ2) is 5.51. The van der Waals surface area contributed by atoms with Crippen molar-refractivity contribution in [2.24, 2.45) is 11.3 Å². The molecule has 1 aromatic carbocycles. The maximum Gasteiger partial charge on any atom is 0.312 e. The predicted molar refractivity (Wildman–Crippen MR) is 80.7 cm³/mol. The lowest BCUT2D eigenvalue weighted by molar-refractivity contribution is -0.152. The number of hydrogen-bond donors (Lipinski definition) is 1. The Morgan fingerprint density at radius 1 is 1.38 bits per heavy atom. The quantitative estimate of drug-likeness (QED) is 0.926. The lowest BCUT2D eigenvalue weighted by atomic mass is 9.74. The van der Waals surface area contributed by atoms with Gasteiger partial charge in [-0.3, -0.25) is 9.59 Å². The Balaban J connectivity index is 2.42. The van der Waals surface area contributed by atoms with Crippen LogP contribution in [0.15, 0.2) is 30.3 Å². The first-order valence-electron chi connectivity index (χ1n) is 7.46. The number of carbonyl (C=O) groups excluding carboxylic acids is 1. The lowest BCUT2D eigenvalue weighted by Gasteiger charge is -2.34. The van der Waals surface area contributed by atoms with Crippen LogP contribution in [0.4, 0.5) is 0 Å². The van der Waals surface area contributed by atoms with E-state index >= 15 is 0 Å². The summed E-state index contributed by atoms with van der Waals surface area (Å²) in [7, 11) is 0. The third-order valence-electron chi connectivity index (χ3n) is 5.13. The van der Waals surface area contributed by atoms with Crippen LogP contribution < -0.4 is 0 Å². The number of amides is 1. The Morgan fingerprint density at radius 2 is 1.95 bits per heavy atom. The first-order valence-corrected chi connectivity index (χ1v) is 7.46. The molecule has 21 heavy (non-hydrogen) atoms. The van der Waals surface area contributed by atoms with Gasteiger partial charge in [0.05, 0.1) is 17.4 Å². The van der Waals surface area contributed by atoms with Crippen LogP contribution in [-0.2, 0) is 9.59 Å². The molecule has 0 aromatic heterocycles. The molecule has 1 amide bonds. The molecule has 4 atom stereocenters. The Labute approximate surface area is 125 Å². The maximum atomic E-state index is 12.7. The molecule has 0 saturated carbocycles. The SMILES string of the molecule is CC[C@@H]1C(=O)N([C@H](C)c2ccccc2)C(C)[C@]1(C)C(=O)O. The molecule has 1 fully saturated rings. The van der Waals surface area contributed by atoms with Crippen LogP contribution in [0.25, 0.3) is 0 Å². The van der Waals surface area contributed by atoms with Crippen molar-refractivity contribution in [2.45, 2.75) is 46.2 Å². The molecule has 1 N–H and O–H groups in total. The van der Waals surface area contributed by atoms with Crippen LogP contribution in [0.2, 0.25) is 0 Å². The highest BCUT2D eigenvalue weighted by atomic mass is 16.4. The highest BCUT2D eigenvalue weighted by molar-refractivity contribution is 5.92. The highest BCUT2D eigenvalue weighted by Crippen LogP contribution is 2.47. The summed E-state index contributed by atoms with van der Waals surface area (Å²) in [5.74, 6) is -1.40. The van der Waals surface area contributed by atoms with Crippen LogP contribution in [0, 0.1) is 11.3 Å². The van der Waals surface area contributed by atoms with Gasteiger partial charge < -0.3 is 10.0 Å². The van der Waals surface area contributed by atoms with Crippen molar-refractivity contribution in [1.82, 2.24) is 4.90 Å². The standard InChI is InChI=1S/C17H23NO3/c1-5-14-15(19)18(12(3)17(14,4)16(20)21)11(2)13-9-7-6-8-10-13/h6-12,14H,5H2,1-4H3,(H,20,21)/t11-,12?,14-,17+/m1/s1. The van der Waals surface area contributed by atoms with Crippen LogP contribution in [0.3, 0.4) is 0 Å². The molecule has 4 nitrogen and oxygen atoms in total. The molecule has 4 heteroatoms. The van der Waals surface area contributed by atoms with Crippen LogP contribution in [0.5, 0.6) is 0 Å². The number of carboxylic acid groups (broad SMARTS) is 1. The molecule has 0 bridgehead atoms. The number of nitrogens with zero attached hydrogens (tertiary/aromatic N) is 1. The first-order chi connectivity index (χ1) is 9.85. The van der Waals surface area contributed by atoms with E-state index in [-0.39, 0.29) is 18.0 Å². The number of hydrogen-bond acceptors (Lipinski definition) is 2. The summed E-state index contributed by atoms with van der Waals surface area (Å²) in [6.45, 7) is 7.39. The van der Waals surface area contributed by atoms with Crippen molar-refractivity contribution in [3.8, 4) is 0 Å². The van der Waals surface area contributed by atoms with E-state index in [1.807, 2.05) is 51.1 Å². The fourth-order valence-electron chi connectivity index (χ4n) is 3.55. The minimum absolute atomic E-state index is 0.0498. The Bertz CT molecular complexity index is 542. The molecule has 114 valence electrons. The average Bonchev–Trinajstić information content (AvgIpc) is 2.67. The van der Waals surface area contributed by atoms with Crippen LogP contribution >= 0.6 is 0 Å². The summed E-state index contributed by atoms with van der Waals surface area (Å²) in [5, 5.41) is 9.65. The van der Waals surface area contributed by atoms with E-state index in [4.69, 9.17) is 0 Å². The molecular formula is C17H23NO3. The summed E-state index contributed by atoms with van der Waals surface area (Å²) in [6, 6.07) is 9.30. The number of rotatable bonds is 4. The van der Waals surface area contributed by atoms with E-state index in [1.165, 1.54) is 0 Å². The monoisotopic (exact) mass is 289 g/mol. The van der Waals surface area contributed by atoms with Gasteiger partial charge in [0.25, 0.3) is 0 Å². The van der Waals surface area contributed by atoms with Crippen molar-refractivity contribution in [3.05, 3.63) is 35.9 Å². The third kappa shape index (κ3) is 2.23. The van der Waals surface area contributed by atoms with E-state index in [9.17, 15) is 14.7 Å². The molecule has 1 unspecified atom stereocenters. The van der Waals surface area contributed by atoms with Gasteiger partial charge in [-0.05, 0) is 32.8 Å². The molecule has 2 rings (SSSR count). The largest absolute Gasteiger partial charge is 0.481 e. The fraction of sp³-hybridized carbons (Fsp3) is 0.529. The average molecular weight is 289 g/mol. The van der Waals surface area contributed by atoms with Gasteiger partial charge in [0.15, 0.2) is 0 Å². The van der Waals surface area contributed by atoms with Crippen molar-refractivity contribution >= 4 is 11.9 Å². The molecule has 0 aliphatic carbocycles. The second-order valence-corrected chi connectivity index (χ2v) is 6.06.